The molecule has 1 fully saturated rings. The van der Waals surface area contributed by atoms with Crippen LogP contribution in [0.2, 0.25) is 0 Å². The van der Waals surface area contributed by atoms with Gasteiger partial charge in [0.15, 0.2) is 0 Å². The highest BCUT2D eigenvalue weighted by Gasteiger charge is 2.50. The second-order valence-corrected chi connectivity index (χ2v) is 13.7. The molecule has 0 saturated heterocycles. The van der Waals surface area contributed by atoms with Gasteiger partial charge in [-0.3, -0.25) is 0 Å². The van der Waals surface area contributed by atoms with Gasteiger partial charge in [0.05, 0.1) is 0 Å². The lowest BCUT2D eigenvalue weighted by Crippen LogP contribution is -2.36. The Balaban J connectivity index is 1.53. The van der Waals surface area contributed by atoms with Crippen LogP contribution in [-0.2, 0) is 0 Å². The summed E-state index contributed by atoms with van der Waals surface area (Å²) in [7, 11) is -0.915. The van der Waals surface area contributed by atoms with Crippen LogP contribution in [0.15, 0.2) is 133 Å². The lowest BCUT2D eigenvalue weighted by molar-refractivity contribution is 0.589. The topological polar surface area (TPSA) is 0 Å². The molecule has 2 bridgehead atoms. The Hall–Kier alpha value is -2.52. The van der Waals surface area contributed by atoms with E-state index < -0.39 is 15.8 Å². The molecule has 0 aliphatic heterocycles. The molecule has 0 nitrogen and oxygen atoms in total. The lowest BCUT2D eigenvalue weighted by Gasteiger charge is -2.40. The standard InChI is InChI=1S/C31H28P2/c1-5-13-26(14-6-1)32(27-15-7-2-8-16-27)30-24-21-22-25(23-24)31(30)33(28-17-9-3-10-18-28)29-19-11-4-12-20-29/h1-21,25,30-31H,22-23H2/t25?,30-,31-/m0/s1. The van der Waals surface area contributed by atoms with Crippen molar-refractivity contribution in [3.8, 4) is 0 Å². The molecule has 3 atom stereocenters. The maximum absolute atomic E-state index is 2.59. The number of rotatable bonds is 6. The van der Waals surface area contributed by atoms with Crippen molar-refractivity contribution in [3.05, 3.63) is 133 Å². The summed E-state index contributed by atoms with van der Waals surface area (Å²) in [5.41, 5.74) is 3.01. The molecular formula is C31H28P2. The molecule has 0 heterocycles. The van der Waals surface area contributed by atoms with E-state index in [2.05, 4.69) is 127 Å². The van der Waals surface area contributed by atoms with Crippen LogP contribution in [0.3, 0.4) is 0 Å². The van der Waals surface area contributed by atoms with Gasteiger partial charge in [0, 0.05) is 11.3 Å². The average Bonchev–Trinajstić information content (AvgIpc) is 3.50. The van der Waals surface area contributed by atoms with Crippen molar-refractivity contribution in [1.82, 2.24) is 0 Å². The summed E-state index contributed by atoms with van der Waals surface area (Å²) < 4.78 is 0. The highest BCUT2D eigenvalue weighted by molar-refractivity contribution is 7.77. The summed E-state index contributed by atoms with van der Waals surface area (Å²) in [6.45, 7) is 0. The second-order valence-electron chi connectivity index (χ2n) is 9.00. The highest BCUT2D eigenvalue weighted by Crippen LogP contribution is 2.64. The van der Waals surface area contributed by atoms with Crippen LogP contribution in [0.5, 0.6) is 0 Å². The van der Waals surface area contributed by atoms with Gasteiger partial charge in [0.2, 0.25) is 0 Å². The summed E-state index contributed by atoms with van der Waals surface area (Å²) in [5.74, 6) is 0.758. The predicted octanol–water partition coefficient (Wildman–Crippen LogP) is 6.34. The smallest absolute Gasteiger partial charge is 0.0157 e. The van der Waals surface area contributed by atoms with Crippen LogP contribution in [0.1, 0.15) is 12.8 Å². The zero-order valence-electron chi connectivity index (χ0n) is 18.7. The molecular weight excluding hydrogens is 434 g/mol. The van der Waals surface area contributed by atoms with Crippen LogP contribution >= 0.6 is 15.8 Å². The van der Waals surface area contributed by atoms with Crippen LogP contribution in [-0.4, -0.2) is 11.3 Å². The zero-order chi connectivity index (χ0) is 22.0. The van der Waals surface area contributed by atoms with Crippen molar-refractivity contribution in [2.75, 3.05) is 0 Å². The van der Waals surface area contributed by atoms with Crippen molar-refractivity contribution >= 4 is 37.1 Å². The van der Waals surface area contributed by atoms with E-state index in [1.54, 1.807) is 5.57 Å². The fourth-order valence-corrected chi connectivity index (χ4v) is 12.7. The van der Waals surface area contributed by atoms with E-state index in [0.29, 0.717) is 11.3 Å². The third-order valence-corrected chi connectivity index (χ3v) is 13.3. The van der Waals surface area contributed by atoms with E-state index in [4.69, 9.17) is 0 Å². The minimum atomic E-state index is -0.471. The first kappa shape index (κ1) is 21.0. The van der Waals surface area contributed by atoms with Gasteiger partial charge >= 0.3 is 0 Å². The number of fused-ring (bicyclic) bond motifs is 2. The Kier molecular flexibility index (Phi) is 5.98. The van der Waals surface area contributed by atoms with E-state index in [-0.39, 0.29) is 0 Å². The van der Waals surface area contributed by atoms with Crippen LogP contribution in [0, 0.1) is 5.92 Å². The molecule has 2 heteroatoms. The molecule has 0 amide bonds. The molecule has 1 unspecified atom stereocenters. The first-order chi connectivity index (χ1) is 16.4. The molecule has 4 aromatic carbocycles. The van der Waals surface area contributed by atoms with Crippen LogP contribution in [0.25, 0.3) is 0 Å². The van der Waals surface area contributed by atoms with E-state index in [0.717, 1.165) is 5.92 Å². The normalized spacial score (nSPS) is 21.5. The van der Waals surface area contributed by atoms with Gasteiger partial charge in [0.1, 0.15) is 0 Å². The molecule has 2 aliphatic rings. The van der Waals surface area contributed by atoms with E-state index in [1.165, 1.54) is 34.1 Å². The number of allylic oxidation sites excluding steroid dienone is 2. The summed E-state index contributed by atoms with van der Waals surface area (Å²) in [5, 5.41) is 6.08. The Bertz CT molecular complexity index is 1140. The maximum Gasteiger partial charge on any atom is 0.0157 e. The predicted molar refractivity (Wildman–Crippen MR) is 147 cm³/mol. The monoisotopic (exact) mass is 462 g/mol. The first-order valence-corrected chi connectivity index (χ1v) is 14.7. The largest absolute Gasteiger partial charge is 0.0843 e. The minimum Gasteiger partial charge on any atom is -0.0843 e. The van der Waals surface area contributed by atoms with Crippen molar-refractivity contribution in [3.63, 3.8) is 0 Å². The van der Waals surface area contributed by atoms with E-state index in [9.17, 15) is 0 Å². The molecule has 0 N–H and O–H groups in total. The Morgan fingerprint density at radius 3 is 1.30 bits per heavy atom. The van der Waals surface area contributed by atoms with Gasteiger partial charge in [-0.25, -0.2) is 0 Å². The molecule has 162 valence electrons. The average molecular weight is 463 g/mol. The fraction of sp³-hybridized carbons (Fsp3) is 0.161. The molecule has 1 saturated carbocycles. The van der Waals surface area contributed by atoms with Crippen molar-refractivity contribution in [2.24, 2.45) is 5.92 Å². The zero-order valence-corrected chi connectivity index (χ0v) is 20.5. The van der Waals surface area contributed by atoms with Crippen LogP contribution in [0.4, 0.5) is 0 Å². The second kappa shape index (κ2) is 9.38. The Morgan fingerprint density at radius 1 is 0.485 bits per heavy atom. The minimum absolute atomic E-state index is 0.444. The quantitative estimate of drug-likeness (QED) is 0.232. The first-order valence-electron chi connectivity index (χ1n) is 11.9. The molecule has 6 rings (SSSR count). The van der Waals surface area contributed by atoms with Gasteiger partial charge in [-0.2, -0.15) is 0 Å². The SMILES string of the molecule is C1=C2CC(C1)[C@H](P(c1ccccc1)c1ccccc1)[C@H]2P(c1ccccc1)c1ccccc1. The Morgan fingerprint density at radius 2 is 0.879 bits per heavy atom. The van der Waals surface area contributed by atoms with E-state index >= 15 is 0 Å². The third kappa shape index (κ3) is 4.01. The fourth-order valence-electron chi connectivity index (χ4n) is 5.74. The number of hydrogen-bond donors (Lipinski definition) is 0. The van der Waals surface area contributed by atoms with Crippen molar-refractivity contribution in [2.45, 2.75) is 24.2 Å². The Labute approximate surface area is 199 Å². The molecule has 0 aromatic heterocycles. The van der Waals surface area contributed by atoms with Gasteiger partial charge in [-0.15, -0.1) is 0 Å². The summed E-state index contributed by atoms with van der Waals surface area (Å²) >= 11 is 0. The lowest BCUT2D eigenvalue weighted by atomic mass is 10.1. The third-order valence-electron chi connectivity index (χ3n) is 7.08. The van der Waals surface area contributed by atoms with Gasteiger partial charge < -0.3 is 0 Å². The molecule has 33 heavy (non-hydrogen) atoms. The molecule has 0 radical (unpaired) electrons. The van der Waals surface area contributed by atoms with Gasteiger partial charge in [0.25, 0.3) is 0 Å². The highest BCUT2D eigenvalue weighted by atomic mass is 31.1. The molecule has 2 aliphatic carbocycles. The van der Waals surface area contributed by atoms with Crippen molar-refractivity contribution in [1.29, 1.82) is 0 Å². The van der Waals surface area contributed by atoms with Gasteiger partial charge in [-0.05, 0) is 55.8 Å². The van der Waals surface area contributed by atoms with Gasteiger partial charge in [-0.1, -0.05) is 133 Å². The summed E-state index contributed by atoms with van der Waals surface area (Å²) in [6, 6.07) is 45.4. The maximum atomic E-state index is 2.59. The molecule has 0 spiro atoms. The van der Waals surface area contributed by atoms with Crippen molar-refractivity contribution < 1.29 is 0 Å². The number of benzene rings is 4. The van der Waals surface area contributed by atoms with Crippen LogP contribution < -0.4 is 21.2 Å². The van der Waals surface area contributed by atoms with E-state index in [1.807, 2.05) is 0 Å². The molecule has 4 aromatic rings. The number of hydrogen-bond acceptors (Lipinski definition) is 0. The summed E-state index contributed by atoms with van der Waals surface area (Å²) in [4.78, 5) is 0. The summed E-state index contributed by atoms with van der Waals surface area (Å²) in [6.07, 6.45) is 5.13.